The third-order valence-corrected chi connectivity index (χ3v) is 3.70. The summed E-state index contributed by atoms with van der Waals surface area (Å²) < 4.78 is 25.7. The van der Waals surface area contributed by atoms with Crippen LogP contribution in [-0.2, 0) is 10.0 Å². The first-order valence-corrected chi connectivity index (χ1v) is 7.41. The van der Waals surface area contributed by atoms with Crippen LogP contribution in [-0.4, -0.2) is 29.4 Å². The first-order chi connectivity index (χ1) is 9.87. The molecule has 2 heterocycles. The Kier molecular flexibility index (Phi) is 4.13. The molecule has 110 valence electrons. The number of carbonyl (C=O) groups excluding carboxylic acids is 1. The van der Waals surface area contributed by atoms with E-state index >= 15 is 0 Å². The van der Waals surface area contributed by atoms with Crippen molar-refractivity contribution >= 4 is 22.0 Å². The van der Waals surface area contributed by atoms with Gasteiger partial charge in [-0.05, 0) is 32.0 Å². The van der Waals surface area contributed by atoms with Gasteiger partial charge in [-0.15, -0.1) is 0 Å². The number of pyridine rings is 1. The van der Waals surface area contributed by atoms with Gasteiger partial charge in [-0.2, -0.15) is 0 Å². The molecule has 2 amide bonds. The van der Waals surface area contributed by atoms with E-state index in [0.29, 0.717) is 11.4 Å². The molecular weight excluding hydrogens is 294 g/mol. The zero-order chi connectivity index (χ0) is 15.5. The molecule has 8 nitrogen and oxygen atoms in total. The summed E-state index contributed by atoms with van der Waals surface area (Å²) in [5, 5.41) is 2.28. The second kappa shape index (κ2) is 5.83. The molecule has 0 atom stereocenters. The topological polar surface area (TPSA) is 114 Å². The van der Waals surface area contributed by atoms with Gasteiger partial charge in [0.1, 0.15) is 4.90 Å². The molecule has 0 aromatic carbocycles. The van der Waals surface area contributed by atoms with Crippen molar-refractivity contribution in [2.45, 2.75) is 18.7 Å². The molecule has 0 aliphatic carbocycles. The number of amides is 2. The van der Waals surface area contributed by atoms with Crippen LogP contribution in [0.3, 0.4) is 0 Å². The SMILES string of the molecule is Cc1cc(C)nc(NC(=O)NS(=O)(=O)c2cccnc2)n1. The monoisotopic (exact) mass is 307 g/mol. The number of rotatable bonds is 3. The molecule has 0 spiro atoms. The average molecular weight is 307 g/mol. The van der Waals surface area contributed by atoms with Crippen molar-refractivity contribution in [2.24, 2.45) is 0 Å². The van der Waals surface area contributed by atoms with Gasteiger partial charge in [0.15, 0.2) is 0 Å². The second-order valence-electron chi connectivity index (χ2n) is 4.22. The van der Waals surface area contributed by atoms with E-state index in [1.807, 2.05) is 4.72 Å². The van der Waals surface area contributed by atoms with Crippen molar-refractivity contribution in [3.05, 3.63) is 42.0 Å². The number of hydrogen-bond acceptors (Lipinski definition) is 6. The van der Waals surface area contributed by atoms with Gasteiger partial charge < -0.3 is 0 Å². The number of sulfonamides is 1. The highest BCUT2D eigenvalue weighted by atomic mass is 32.2. The number of carbonyl (C=O) groups is 1. The van der Waals surface area contributed by atoms with E-state index in [1.165, 1.54) is 18.3 Å². The van der Waals surface area contributed by atoms with E-state index < -0.39 is 16.1 Å². The van der Waals surface area contributed by atoms with Crippen LogP contribution in [0.25, 0.3) is 0 Å². The summed E-state index contributed by atoms with van der Waals surface area (Å²) in [5.74, 6) is 0.0337. The third kappa shape index (κ3) is 3.96. The second-order valence-corrected chi connectivity index (χ2v) is 5.91. The Labute approximate surface area is 121 Å². The van der Waals surface area contributed by atoms with Crippen molar-refractivity contribution in [3.8, 4) is 0 Å². The summed E-state index contributed by atoms with van der Waals surface area (Å²) in [5.41, 5.74) is 1.32. The van der Waals surface area contributed by atoms with Crippen LogP contribution in [0.15, 0.2) is 35.5 Å². The minimum absolute atomic E-state index is 0.0337. The summed E-state index contributed by atoms with van der Waals surface area (Å²) in [6.45, 7) is 3.48. The third-order valence-electron chi connectivity index (χ3n) is 2.38. The summed E-state index contributed by atoms with van der Waals surface area (Å²) in [6, 6.07) is 3.58. The summed E-state index contributed by atoms with van der Waals surface area (Å²) in [7, 11) is -3.98. The molecular formula is C12H13N5O3S. The molecule has 0 fully saturated rings. The molecule has 0 unspecified atom stereocenters. The zero-order valence-electron chi connectivity index (χ0n) is 11.4. The van der Waals surface area contributed by atoms with Crippen molar-refractivity contribution in [2.75, 3.05) is 5.32 Å². The summed E-state index contributed by atoms with van der Waals surface area (Å²) >= 11 is 0. The van der Waals surface area contributed by atoms with Crippen LogP contribution in [0.4, 0.5) is 10.7 Å². The Hall–Kier alpha value is -2.55. The van der Waals surface area contributed by atoms with Gasteiger partial charge in [0.05, 0.1) is 0 Å². The number of aryl methyl sites for hydroxylation is 2. The lowest BCUT2D eigenvalue weighted by Gasteiger charge is -2.08. The molecule has 0 aliphatic rings. The quantitative estimate of drug-likeness (QED) is 0.874. The van der Waals surface area contributed by atoms with E-state index in [-0.39, 0.29) is 10.8 Å². The van der Waals surface area contributed by atoms with Crippen LogP contribution in [0.1, 0.15) is 11.4 Å². The first kappa shape index (κ1) is 14.9. The number of nitrogens with one attached hydrogen (secondary N) is 2. The van der Waals surface area contributed by atoms with E-state index in [4.69, 9.17) is 0 Å². The van der Waals surface area contributed by atoms with Gasteiger partial charge in [0.25, 0.3) is 10.0 Å². The molecule has 0 bridgehead atoms. The largest absolute Gasteiger partial charge is 0.335 e. The van der Waals surface area contributed by atoms with Crippen LogP contribution < -0.4 is 10.0 Å². The van der Waals surface area contributed by atoms with Gasteiger partial charge >= 0.3 is 6.03 Å². The van der Waals surface area contributed by atoms with Crippen LogP contribution in [0.2, 0.25) is 0 Å². The van der Waals surface area contributed by atoms with Gasteiger partial charge in [-0.3, -0.25) is 10.3 Å². The highest BCUT2D eigenvalue weighted by Gasteiger charge is 2.18. The number of anilines is 1. The lowest BCUT2D eigenvalue weighted by molar-refractivity contribution is 0.256. The highest BCUT2D eigenvalue weighted by Crippen LogP contribution is 2.07. The number of urea groups is 1. The van der Waals surface area contributed by atoms with Crippen LogP contribution in [0.5, 0.6) is 0 Å². The fourth-order valence-electron chi connectivity index (χ4n) is 1.60. The van der Waals surface area contributed by atoms with E-state index in [1.54, 1.807) is 19.9 Å². The Morgan fingerprint density at radius 3 is 2.43 bits per heavy atom. The molecule has 2 aromatic rings. The number of hydrogen-bond donors (Lipinski definition) is 2. The van der Waals surface area contributed by atoms with E-state index in [9.17, 15) is 13.2 Å². The number of aromatic nitrogens is 3. The molecule has 2 aromatic heterocycles. The maximum atomic E-state index is 11.9. The maximum Gasteiger partial charge on any atom is 0.335 e. The molecule has 9 heteroatoms. The van der Waals surface area contributed by atoms with Crippen molar-refractivity contribution in [1.82, 2.24) is 19.7 Å². The van der Waals surface area contributed by atoms with Crippen molar-refractivity contribution < 1.29 is 13.2 Å². The van der Waals surface area contributed by atoms with E-state index in [0.717, 1.165) is 6.20 Å². The molecule has 0 radical (unpaired) electrons. The van der Waals surface area contributed by atoms with E-state index in [2.05, 4.69) is 20.3 Å². The Morgan fingerprint density at radius 1 is 1.19 bits per heavy atom. The molecule has 21 heavy (non-hydrogen) atoms. The molecule has 0 saturated heterocycles. The van der Waals surface area contributed by atoms with Crippen LogP contribution >= 0.6 is 0 Å². The maximum absolute atomic E-state index is 11.9. The fraction of sp³-hybridized carbons (Fsp3) is 0.167. The molecule has 2 N–H and O–H groups in total. The van der Waals surface area contributed by atoms with Gasteiger partial charge in [-0.1, -0.05) is 0 Å². The smallest absolute Gasteiger partial charge is 0.275 e. The average Bonchev–Trinajstić information content (AvgIpc) is 2.37. The van der Waals surface area contributed by atoms with Crippen molar-refractivity contribution in [1.29, 1.82) is 0 Å². The lowest BCUT2D eigenvalue weighted by Crippen LogP contribution is -2.35. The van der Waals surface area contributed by atoms with Gasteiger partial charge in [0.2, 0.25) is 5.95 Å². The predicted molar refractivity (Wildman–Crippen MR) is 75.1 cm³/mol. The normalized spacial score (nSPS) is 11.0. The van der Waals surface area contributed by atoms with Gasteiger partial charge in [-0.25, -0.2) is 27.9 Å². The lowest BCUT2D eigenvalue weighted by atomic mass is 10.4. The van der Waals surface area contributed by atoms with Crippen molar-refractivity contribution in [3.63, 3.8) is 0 Å². The predicted octanol–water partition coefficient (Wildman–Crippen LogP) is 0.999. The zero-order valence-corrected chi connectivity index (χ0v) is 12.2. The number of nitrogens with zero attached hydrogens (tertiary/aromatic N) is 3. The molecule has 2 rings (SSSR count). The Bertz CT molecular complexity index is 741. The van der Waals surface area contributed by atoms with Crippen LogP contribution in [0, 0.1) is 13.8 Å². The first-order valence-electron chi connectivity index (χ1n) is 5.93. The minimum atomic E-state index is -3.98. The Morgan fingerprint density at radius 2 is 1.86 bits per heavy atom. The molecule has 0 aliphatic heterocycles. The minimum Gasteiger partial charge on any atom is -0.275 e. The Balaban J connectivity index is 2.11. The highest BCUT2D eigenvalue weighted by molar-refractivity contribution is 7.90. The standard InChI is InChI=1S/C12H13N5O3S/c1-8-6-9(2)15-11(14-8)16-12(18)17-21(19,20)10-4-3-5-13-7-10/h3-7H,1-2H3,(H2,14,15,16,17,18). The molecule has 0 saturated carbocycles. The summed E-state index contributed by atoms with van der Waals surface area (Å²) in [6.07, 6.45) is 2.57. The fourth-order valence-corrected chi connectivity index (χ4v) is 2.47. The van der Waals surface area contributed by atoms with Gasteiger partial charge in [0, 0.05) is 23.8 Å². The summed E-state index contributed by atoms with van der Waals surface area (Å²) in [4.78, 5) is 23.3.